The van der Waals surface area contributed by atoms with Crippen LogP contribution >= 0.6 is 0 Å². The van der Waals surface area contributed by atoms with Gasteiger partial charge in [-0.15, -0.1) is 0 Å². The number of hydrogen-bond acceptors (Lipinski definition) is 4. The maximum atomic E-state index is 13.6. The van der Waals surface area contributed by atoms with Crippen LogP contribution in [0.5, 0.6) is 5.75 Å². The number of hydrogen-bond donors (Lipinski definition) is 1. The average molecular weight is 323 g/mol. The van der Waals surface area contributed by atoms with E-state index in [4.69, 9.17) is 0 Å². The normalized spacial score (nSPS) is 10.4. The lowest BCUT2D eigenvalue weighted by molar-refractivity contribution is 0.101. The summed E-state index contributed by atoms with van der Waals surface area (Å²) in [5.74, 6) is -3.09. The minimum atomic E-state index is -0.938. The molecule has 0 saturated carbocycles. The predicted octanol–water partition coefficient (Wildman–Crippen LogP) is 2.19. The summed E-state index contributed by atoms with van der Waals surface area (Å²) in [4.78, 5) is 23.7. The Labute approximate surface area is 130 Å². The number of benzene rings is 1. The SMILES string of the molecule is CCCn1nc(C(=O)Nc2cc(F)c(OC)c(F)c2)ccc1=O. The first kappa shape index (κ1) is 16.6. The van der Waals surface area contributed by atoms with E-state index in [1.54, 1.807) is 0 Å². The highest BCUT2D eigenvalue weighted by molar-refractivity contribution is 6.02. The number of anilines is 1. The minimum Gasteiger partial charge on any atom is -0.491 e. The molecule has 0 atom stereocenters. The van der Waals surface area contributed by atoms with E-state index in [1.807, 2.05) is 6.92 Å². The zero-order valence-corrected chi connectivity index (χ0v) is 12.6. The van der Waals surface area contributed by atoms with Gasteiger partial charge >= 0.3 is 0 Å². The van der Waals surface area contributed by atoms with E-state index in [1.165, 1.54) is 12.1 Å². The molecule has 1 aromatic carbocycles. The number of aromatic nitrogens is 2. The minimum absolute atomic E-state index is 0.0327. The topological polar surface area (TPSA) is 73.2 Å². The smallest absolute Gasteiger partial charge is 0.276 e. The van der Waals surface area contributed by atoms with Crippen LogP contribution in [0.15, 0.2) is 29.1 Å². The van der Waals surface area contributed by atoms with Gasteiger partial charge in [0.15, 0.2) is 17.4 Å². The number of ether oxygens (including phenoxy) is 1. The molecule has 23 heavy (non-hydrogen) atoms. The Balaban J connectivity index is 2.26. The lowest BCUT2D eigenvalue weighted by atomic mass is 10.2. The molecule has 1 heterocycles. The van der Waals surface area contributed by atoms with Gasteiger partial charge in [0, 0.05) is 30.4 Å². The van der Waals surface area contributed by atoms with Crippen LogP contribution in [0, 0.1) is 11.6 Å². The first-order chi connectivity index (χ1) is 11.0. The standard InChI is InChI=1S/C15H15F2N3O3/c1-3-6-20-13(21)5-4-12(19-20)15(22)18-9-7-10(16)14(23-2)11(17)8-9/h4-5,7-8H,3,6H2,1-2H3,(H,18,22). The molecule has 0 aliphatic rings. The van der Waals surface area contributed by atoms with Gasteiger partial charge in [-0.2, -0.15) is 5.10 Å². The Morgan fingerprint density at radius 2 is 1.96 bits per heavy atom. The fourth-order valence-electron chi connectivity index (χ4n) is 1.96. The Hall–Kier alpha value is -2.77. The quantitative estimate of drug-likeness (QED) is 0.915. The molecule has 0 fully saturated rings. The number of carbonyl (C=O) groups is 1. The maximum Gasteiger partial charge on any atom is 0.276 e. The van der Waals surface area contributed by atoms with Crippen molar-refractivity contribution in [2.24, 2.45) is 0 Å². The number of nitrogens with one attached hydrogen (secondary N) is 1. The molecule has 6 nitrogen and oxygen atoms in total. The molecular weight excluding hydrogens is 308 g/mol. The van der Waals surface area contributed by atoms with Crippen LogP contribution in [0.2, 0.25) is 0 Å². The second kappa shape index (κ2) is 6.99. The van der Waals surface area contributed by atoms with Crippen LogP contribution < -0.4 is 15.6 Å². The van der Waals surface area contributed by atoms with Gasteiger partial charge in [-0.05, 0) is 12.5 Å². The van der Waals surface area contributed by atoms with Crippen LogP contribution in [-0.4, -0.2) is 22.8 Å². The highest BCUT2D eigenvalue weighted by Crippen LogP contribution is 2.25. The van der Waals surface area contributed by atoms with Gasteiger partial charge < -0.3 is 10.1 Å². The molecule has 0 bridgehead atoms. The fourth-order valence-corrected chi connectivity index (χ4v) is 1.96. The van der Waals surface area contributed by atoms with E-state index < -0.39 is 23.3 Å². The summed E-state index contributed by atoms with van der Waals surface area (Å²) in [6, 6.07) is 4.33. The summed E-state index contributed by atoms with van der Waals surface area (Å²) in [7, 11) is 1.14. The molecule has 0 spiro atoms. The number of carbonyl (C=O) groups excluding carboxylic acids is 1. The van der Waals surface area contributed by atoms with Crippen molar-refractivity contribution in [3.8, 4) is 5.75 Å². The molecule has 0 aliphatic heterocycles. The van der Waals surface area contributed by atoms with Gasteiger partial charge in [0.05, 0.1) is 7.11 Å². The van der Waals surface area contributed by atoms with Crippen molar-refractivity contribution >= 4 is 11.6 Å². The molecule has 0 saturated heterocycles. The third-order valence-electron chi connectivity index (χ3n) is 2.99. The van der Waals surface area contributed by atoms with Gasteiger partial charge in [0.2, 0.25) is 0 Å². The van der Waals surface area contributed by atoms with Crippen molar-refractivity contribution in [3.05, 3.63) is 51.9 Å². The Kier molecular flexibility index (Phi) is 5.05. The number of nitrogens with zero attached hydrogens (tertiary/aromatic N) is 2. The van der Waals surface area contributed by atoms with Gasteiger partial charge in [0.1, 0.15) is 5.69 Å². The maximum absolute atomic E-state index is 13.6. The summed E-state index contributed by atoms with van der Waals surface area (Å²) in [6.07, 6.45) is 0.673. The zero-order chi connectivity index (χ0) is 17.0. The van der Waals surface area contributed by atoms with E-state index in [0.29, 0.717) is 13.0 Å². The second-order valence-electron chi connectivity index (χ2n) is 4.71. The second-order valence-corrected chi connectivity index (χ2v) is 4.71. The Morgan fingerprint density at radius 3 is 2.52 bits per heavy atom. The molecule has 8 heteroatoms. The van der Waals surface area contributed by atoms with Crippen LogP contribution in [0.25, 0.3) is 0 Å². The van der Waals surface area contributed by atoms with E-state index in [-0.39, 0.29) is 16.9 Å². The number of rotatable bonds is 5. The zero-order valence-electron chi connectivity index (χ0n) is 12.6. The average Bonchev–Trinajstić information content (AvgIpc) is 2.49. The third-order valence-corrected chi connectivity index (χ3v) is 2.99. The first-order valence-electron chi connectivity index (χ1n) is 6.88. The molecular formula is C15H15F2N3O3. The van der Waals surface area contributed by atoms with Crippen LogP contribution in [0.3, 0.4) is 0 Å². The van der Waals surface area contributed by atoms with E-state index in [9.17, 15) is 18.4 Å². The molecule has 0 radical (unpaired) electrons. The predicted molar refractivity (Wildman–Crippen MR) is 79.7 cm³/mol. The molecule has 2 aromatic rings. The molecule has 122 valence electrons. The number of halogens is 2. The van der Waals surface area contributed by atoms with Crippen molar-refractivity contribution in [1.82, 2.24) is 9.78 Å². The monoisotopic (exact) mass is 323 g/mol. The van der Waals surface area contributed by atoms with Crippen LogP contribution in [-0.2, 0) is 6.54 Å². The molecule has 0 aliphatic carbocycles. The summed E-state index contributed by atoms with van der Waals surface area (Å²) >= 11 is 0. The number of methoxy groups -OCH3 is 1. The summed E-state index contributed by atoms with van der Waals surface area (Å²) in [5.41, 5.74) is -0.444. The van der Waals surface area contributed by atoms with E-state index in [0.717, 1.165) is 23.9 Å². The van der Waals surface area contributed by atoms with Crippen molar-refractivity contribution in [2.75, 3.05) is 12.4 Å². The highest BCUT2D eigenvalue weighted by Gasteiger charge is 2.15. The van der Waals surface area contributed by atoms with Crippen molar-refractivity contribution in [3.63, 3.8) is 0 Å². The molecule has 2 rings (SSSR count). The van der Waals surface area contributed by atoms with Crippen molar-refractivity contribution in [1.29, 1.82) is 0 Å². The third kappa shape index (κ3) is 3.71. The van der Waals surface area contributed by atoms with Crippen molar-refractivity contribution in [2.45, 2.75) is 19.9 Å². The molecule has 0 unspecified atom stereocenters. The highest BCUT2D eigenvalue weighted by atomic mass is 19.1. The molecule has 1 N–H and O–H groups in total. The first-order valence-corrected chi connectivity index (χ1v) is 6.88. The van der Waals surface area contributed by atoms with Gasteiger partial charge in [-0.1, -0.05) is 6.92 Å². The number of aryl methyl sites for hydroxylation is 1. The largest absolute Gasteiger partial charge is 0.491 e. The Bertz CT molecular complexity index is 767. The van der Waals surface area contributed by atoms with Crippen LogP contribution in [0.4, 0.5) is 14.5 Å². The van der Waals surface area contributed by atoms with Gasteiger partial charge in [-0.3, -0.25) is 9.59 Å². The summed E-state index contributed by atoms with van der Waals surface area (Å²) in [5, 5.41) is 6.24. The summed E-state index contributed by atoms with van der Waals surface area (Å²) < 4.78 is 32.9. The molecule has 1 amide bonds. The van der Waals surface area contributed by atoms with E-state index in [2.05, 4.69) is 15.2 Å². The van der Waals surface area contributed by atoms with Gasteiger partial charge in [-0.25, -0.2) is 13.5 Å². The lowest BCUT2D eigenvalue weighted by Gasteiger charge is -2.09. The summed E-state index contributed by atoms with van der Waals surface area (Å²) in [6.45, 7) is 2.23. The Morgan fingerprint density at radius 1 is 1.30 bits per heavy atom. The molecule has 1 aromatic heterocycles. The van der Waals surface area contributed by atoms with E-state index >= 15 is 0 Å². The fraction of sp³-hybridized carbons (Fsp3) is 0.267. The van der Waals surface area contributed by atoms with Crippen LogP contribution in [0.1, 0.15) is 23.8 Å². The van der Waals surface area contributed by atoms with Gasteiger partial charge in [0.25, 0.3) is 11.5 Å². The van der Waals surface area contributed by atoms with Crippen molar-refractivity contribution < 1.29 is 18.3 Å². The number of amides is 1. The lowest BCUT2D eigenvalue weighted by Crippen LogP contribution is -2.26.